The number of carbonyl (C=O) groups excluding carboxylic acids is 1. The number of amides is 1. The van der Waals surface area contributed by atoms with Crippen LogP contribution in [0.5, 0.6) is 11.5 Å². The number of nitrogens with zero attached hydrogens (tertiary/aromatic N) is 1. The van der Waals surface area contributed by atoms with Crippen molar-refractivity contribution in [2.45, 2.75) is 25.7 Å². The Hall–Kier alpha value is -3.44. The third-order valence-electron chi connectivity index (χ3n) is 5.46. The molecule has 31 heavy (non-hydrogen) atoms. The normalized spacial score (nSPS) is 12.5. The average Bonchev–Trinajstić information content (AvgIpc) is 3.20. The van der Waals surface area contributed by atoms with Gasteiger partial charge < -0.3 is 10.1 Å². The van der Waals surface area contributed by atoms with Crippen LogP contribution in [0.15, 0.2) is 79.0 Å². The number of para-hydroxylation sites is 2. The lowest BCUT2D eigenvalue weighted by atomic mass is 9.85. The van der Waals surface area contributed by atoms with E-state index in [2.05, 4.69) is 41.5 Å². The van der Waals surface area contributed by atoms with Crippen molar-refractivity contribution < 1.29 is 9.53 Å². The quantitative estimate of drug-likeness (QED) is 0.407. The Morgan fingerprint density at radius 3 is 2.42 bits per heavy atom. The molecule has 2 heterocycles. The standard InChI is InChI=1S/C26H22N2O2S/c1-17-7-6-8-18(13-17)14-19-16-27-26(31-19)28-25(29)15-22-20-9-2-4-11-23(20)30-24-12-5-3-10-21(22)24/h2-13,16,22H,14-15H2,1H3,(H,27,28,29). The van der Waals surface area contributed by atoms with E-state index in [0.29, 0.717) is 11.6 Å². The fourth-order valence-electron chi connectivity index (χ4n) is 4.05. The highest BCUT2D eigenvalue weighted by molar-refractivity contribution is 7.15. The van der Waals surface area contributed by atoms with Crippen LogP contribution in [0.4, 0.5) is 5.13 Å². The number of thiazole rings is 1. The number of rotatable bonds is 5. The molecular weight excluding hydrogens is 404 g/mol. The van der Waals surface area contributed by atoms with Crippen LogP contribution in [0.1, 0.15) is 39.5 Å². The van der Waals surface area contributed by atoms with Crippen LogP contribution in [0.2, 0.25) is 0 Å². The molecule has 0 saturated heterocycles. The lowest BCUT2D eigenvalue weighted by Gasteiger charge is -2.27. The second-order valence-electron chi connectivity index (χ2n) is 7.78. The van der Waals surface area contributed by atoms with Crippen molar-refractivity contribution in [2.24, 2.45) is 0 Å². The molecule has 4 aromatic rings. The topological polar surface area (TPSA) is 51.2 Å². The zero-order valence-corrected chi connectivity index (χ0v) is 18.0. The molecule has 1 aromatic heterocycles. The van der Waals surface area contributed by atoms with Gasteiger partial charge in [0, 0.05) is 41.0 Å². The van der Waals surface area contributed by atoms with Crippen LogP contribution >= 0.6 is 11.3 Å². The number of benzene rings is 3. The summed E-state index contributed by atoms with van der Waals surface area (Å²) in [6.45, 7) is 2.09. The Morgan fingerprint density at radius 1 is 1.00 bits per heavy atom. The Balaban J connectivity index is 1.31. The largest absolute Gasteiger partial charge is 0.457 e. The Labute approximate surface area is 185 Å². The third-order valence-corrected chi connectivity index (χ3v) is 6.37. The maximum absolute atomic E-state index is 12.9. The number of fused-ring (bicyclic) bond motifs is 2. The summed E-state index contributed by atoms with van der Waals surface area (Å²) in [6, 6.07) is 24.3. The highest BCUT2D eigenvalue weighted by Crippen LogP contribution is 2.45. The van der Waals surface area contributed by atoms with Crippen molar-refractivity contribution in [1.82, 2.24) is 4.98 Å². The maximum atomic E-state index is 12.9. The predicted molar refractivity (Wildman–Crippen MR) is 124 cm³/mol. The molecule has 1 N–H and O–H groups in total. The molecule has 0 fully saturated rings. The van der Waals surface area contributed by atoms with E-state index < -0.39 is 0 Å². The van der Waals surface area contributed by atoms with Gasteiger partial charge in [-0.1, -0.05) is 66.2 Å². The van der Waals surface area contributed by atoms with Gasteiger partial charge in [-0.05, 0) is 24.6 Å². The number of ether oxygens (including phenoxy) is 1. The van der Waals surface area contributed by atoms with Gasteiger partial charge in [-0.15, -0.1) is 11.3 Å². The van der Waals surface area contributed by atoms with Crippen LogP contribution in [0, 0.1) is 6.92 Å². The number of hydrogen-bond acceptors (Lipinski definition) is 4. The molecule has 0 unspecified atom stereocenters. The van der Waals surface area contributed by atoms with Gasteiger partial charge in [0.2, 0.25) is 5.91 Å². The van der Waals surface area contributed by atoms with E-state index in [9.17, 15) is 4.79 Å². The predicted octanol–water partition coefficient (Wildman–Crippen LogP) is 6.31. The summed E-state index contributed by atoms with van der Waals surface area (Å²) in [5.41, 5.74) is 4.57. The zero-order chi connectivity index (χ0) is 21.2. The summed E-state index contributed by atoms with van der Waals surface area (Å²) >= 11 is 1.53. The molecule has 3 aromatic carbocycles. The minimum Gasteiger partial charge on any atom is -0.457 e. The molecule has 1 amide bonds. The highest BCUT2D eigenvalue weighted by Gasteiger charge is 2.28. The summed E-state index contributed by atoms with van der Waals surface area (Å²) in [5, 5.41) is 3.64. The molecule has 0 bridgehead atoms. The maximum Gasteiger partial charge on any atom is 0.227 e. The number of hydrogen-bond donors (Lipinski definition) is 1. The molecule has 154 valence electrons. The second-order valence-corrected chi connectivity index (χ2v) is 8.90. The summed E-state index contributed by atoms with van der Waals surface area (Å²) in [5.74, 6) is 1.53. The minimum atomic E-state index is -0.0483. The van der Waals surface area contributed by atoms with Gasteiger partial charge in [-0.3, -0.25) is 4.79 Å². The van der Waals surface area contributed by atoms with Gasteiger partial charge in [0.15, 0.2) is 5.13 Å². The Morgan fingerprint density at radius 2 is 1.71 bits per heavy atom. The van der Waals surface area contributed by atoms with Crippen LogP contribution in [-0.2, 0) is 11.2 Å². The van der Waals surface area contributed by atoms with Gasteiger partial charge in [-0.25, -0.2) is 4.98 Å². The molecule has 0 radical (unpaired) electrons. The van der Waals surface area contributed by atoms with Crippen molar-refractivity contribution in [3.63, 3.8) is 0 Å². The first-order valence-electron chi connectivity index (χ1n) is 10.3. The number of aryl methyl sites for hydroxylation is 1. The fourth-order valence-corrected chi connectivity index (χ4v) is 4.92. The van der Waals surface area contributed by atoms with Crippen molar-refractivity contribution in [3.8, 4) is 11.5 Å². The van der Waals surface area contributed by atoms with E-state index in [-0.39, 0.29) is 11.8 Å². The number of nitrogens with one attached hydrogen (secondary N) is 1. The van der Waals surface area contributed by atoms with Crippen molar-refractivity contribution in [2.75, 3.05) is 5.32 Å². The highest BCUT2D eigenvalue weighted by atomic mass is 32.1. The summed E-state index contributed by atoms with van der Waals surface area (Å²) in [7, 11) is 0. The van der Waals surface area contributed by atoms with E-state index in [4.69, 9.17) is 4.74 Å². The van der Waals surface area contributed by atoms with E-state index in [0.717, 1.165) is 33.9 Å². The zero-order valence-electron chi connectivity index (χ0n) is 17.2. The van der Waals surface area contributed by atoms with E-state index in [1.54, 1.807) is 0 Å². The Bertz CT molecular complexity index is 1200. The first kappa shape index (κ1) is 19.5. The molecule has 0 atom stereocenters. The lowest BCUT2D eigenvalue weighted by Crippen LogP contribution is -2.19. The van der Waals surface area contributed by atoms with E-state index in [1.165, 1.54) is 22.5 Å². The molecule has 1 aliphatic rings. The summed E-state index contributed by atoms with van der Waals surface area (Å²) in [4.78, 5) is 18.5. The van der Waals surface area contributed by atoms with Crippen molar-refractivity contribution in [1.29, 1.82) is 0 Å². The number of aromatic nitrogens is 1. The van der Waals surface area contributed by atoms with Gasteiger partial charge in [0.05, 0.1) is 0 Å². The molecule has 0 spiro atoms. The monoisotopic (exact) mass is 426 g/mol. The van der Waals surface area contributed by atoms with E-state index >= 15 is 0 Å². The molecule has 0 saturated carbocycles. The molecule has 1 aliphatic heterocycles. The Kier molecular flexibility index (Phi) is 5.26. The van der Waals surface area contributed by atoms with Crippen LogP contribution in [-0.4, -0.2) is 10.9 Å². The number of carbonyl (C=O) groups is 1. The van der Waals surface area contributed by atoms with Crippen LogP contribution in [0.25, 0.3) is 0 Å². The second kappa shape index (κ2) is 8.36. The molecule has 5 heteroatoms. The summed E-state index contributed by atoms with van der Waals surface area (Å²) in [6.07, 6.45) is 3.00. The van der Waals surface area contributed by atoms with Gasteiger partial charge in [-0.2, -0.15) is 0 Å². The number of anilines is 1. The fraction of sp³-hybridized carbons (Fsp3) is 0.154. The molecule has 4 nitrogen and oxygen atoms in total. The van der Waals surface area contributed by atoms with Gasteiger partial charge in [0.1, 0.15) is 11.5 Å². The molecule has 5 rings (SSSR count). The van der Waals surface area contributed by atoms with Gasteiger partial charge in [0.25, 0.3) is 0 Å². The van der Waals surface area contributed by atoms with Gasteiger partial charge >= 0.3 is 0 Å². The summed E-state index contributed by atoms with van der Waals surface area (Å²) < 4.78 is 6.03. The molecular formula is C26H22N2O2S. The SMILES string of the molecule is Cc1cccc(Cc2cnc(NC(=O)CC3c4ccccc4Oc4ccccc43)s2)c1. The van der Waals surface area contributed by atoms with Crippen molar-refractivity contribution >= 4 is 22.4 Å². The average molecular weight is 427 g/mol. The van der Waals surface area contributed by atoms with Crippen LogP contribution in [0.3, 0.4) is 0 Å². The van der Waals surface area contributed by atoms with E-state index in [1.807, 2.05) is 54.7 Å². The third kappa shape index (κ3) is 4.23. The first-order valence-corrected chi connectivity index (χ1v) is 11.1. The van der Waals surface area contributed by atoms with Crippen LogP contribution < -0.4 is 10.1 Å². The van der Waals surface area contributed by atoms with Crippen molar-refractivity contribution in [3.05, 3.63) is 106 Å². The lowest BCUT2D eigenvalue weighted by molar-refractivity contribution is -0.116. The smallest absolute Gasteiger partial charge is 0.227 e. The molecule has 0 aliphatic carbocycles. The minimum absolute atomic E-state index is 0.0482. The first-order chi connectivity index (χ1) is 15.2.